The van der Waals surface area contributed by atoms with Crippen molar-refractivity contribution < 1.29 is 32.6 Å². The SMILES string of the molecule is COc1ccc(C(F)(F)F)cc1CNC1C(c2ccccc2)N(C(=O)Cc2ccccc2)C(C(=O)O)C1C(C)(C)C. The van der Waals surface area contributed by atoms with E-state index in [0.717, 1.165) is 23.3 Å². The highest BCUT2D eigenvalue weighted by atomic mass is 19.4. The number of carbonyl (C=O) groups is 2. The zero-order valence-corrected chi connectivity index (χ0v) is 23.5. The van der Waals surface area contributed by atoms with Gasteiger partial charge in [0.1, 0.15) is 11.8 Å². The Morgan fingerprint density at radius 3 is 2.10 bits per heavy atom. The number of rotatable bonds is 8. The van der Waals surface area contributed by atoms with Gasteiger partial charge in [-0.25, -0.2) is 4.79 Å². The number of nitrogens with zero attached hydrogens (tertiary/aromatic N) is 1. The first-order valence-corrected chi connectivity index (χ1v) is 13.4. The zero-order valence-electron chi connectivity index (χ0n) is 23.5. The van der Waals surface area contributed by atoms with Crippen molar-refractivity contribution in [2.45, 2.75) is 58.0 Å². The second-order valence-electron chi connectivity index (χ2n) is 11.4. The predicted octanol–water partition coefficient (Wildman–Crippen LogP) is 6.11. The number of amides is 1. The van der Waals surface area contributed by atoms with Crippen molar-refractivity contribution in [1.82, 2.24) is 10.2 Å². The van der Waals surface area contributed by atoms with Crippen LogP contribution >= 0.6 is 0 Å². The number of aliphatic carboxylic acids is 1. The number of benzene rings is 3. The van der Waals surface area contributed by atoms with Crippen LogP contribution < -0.4 is 10.1 Å². The van der Waals surface area contributed by atoms with E-state index < -0.39 is 47.2 Å². The number of likely N-dealkylation sites (tertiary alicyclic amines) is 1. The van der Waals surface area contributed by atoms with Crippen LogP contribution in [0.3, 0.4) is 0 Å². The maximum atomic E-state index is 14.0. The molecular formula is C32H35F3N2O4. The van der Waals surface area contributed by atoms with Crippen LogP contribution in [0.2, 0.25) is 0 Å². The van der Waals surface area contributed by atoms with Crippen LogP contribution in [0.25, 0.3) is 0 Å². The van der Waals surface area contributed by atoms with Gasteiger partial charge in [-0.1, -0.05) is 81.4 Å². The Balaban J connectivity index is 1.81. The van der Waals surface area contributed by atoms with Crippen LogP contribution in [0.5, 0.6) is 5.75 Å². The molecule has 218 valence electrons. The number of halogens is 3. The number of hydrogen-bond donors (Lipinski definition) is 2. The summed E-state index contributed by atoms with van der Waals surface area (Å²) in [7, 11) is 1.39. The molecule has 0 aliphatic carbocycles. The van der Waals surface area contributed by atoms with E-state index in [1.807, 2.05) is 81.4 Å². The molecular weight excluding hydrogens is 533 g/mol. The third kappa shape index (κ3) is 6.56. The highest BCUT2D eigenvalue weighted by molar-refractivity contribution is 5.87. The number of nitrogens with one attached hydrogen (secondary N) is 1. The van der Waals surface area contributed by atoms with Gasteiger partial charge in [0.15, 0.2) is 0 Å². The smallest absolute Gasteiger partial charge is 0.416 e. The summed E-state index contributed by atoms with van der Waals surface area (Å²) in [5, 5.41) is 13.9. The Labute approximate surface area is 238 Å². The second-order valence-corrected chi connectivity index (χ2v) is 11.4. The van der Waals surface area contributed by atoms with Gasteiger partial charge in [0, 0.05) is 24.1 Å². The summed E-state index contributed by atoms with van der Waals surface area (Å²) in [4.78, 5) is 28.3. The lowest BCUT2D eigenvalue weighted by Crippen LogP contribution is -2.48. The topological polar surface area (TPSA) is 78.9 Å². The minimum Gasteiger partial charge on any atom is -0.496 e. The quantitative estimate of drug-likeness (QED) is 0.343. The molecule has 0 aromatic heterocycles. The molecule has 9 heteroatoms. The van der Waals surface area contributed by atoms with Crippen molar-refractivity contribution in [3.8, 4) is 5.75 Å². The van der Waals surface area contributed by atoms with E-state index in [-0.39, 0.29) is 30.2 Å². The summed E-state index contributed by atoms with van der Waals surface area (Å²) < 4.78 is 46.0. The monoisotopic (exact) mass is 568 g/mol. The molecule has 0 bridgehead atoms. The normalized spacial score (nSPS) is 21.1. The van der Waals surface area contributed by atoms with E-state index in [9.17, 15) is 27.9 Å². The van der Waals surface area contributed by atoms with Crippen molar-refractivity contribution in [3.63, 3.8) is 0 Å². The average Bonchev–Trinajstić information content (AvgIpc) is 3.28. The second kappa shape index (κ2) is 11.9. The third-order valence-electron chi connectivity index (χ3n) is 7.68. The molecule has 1 aliphatic heterocycles. The van der Waals surface area contributed by atoms with E-state index in [1.165, 1.54) is 18.1 Å². The van der Waals surface area contributed by atoms with Gasteiger partial charge < -0.3 is 20.1 Å². The van der Waals surface area contributed by atoms with Gasteiger partial charge in [-0.05, 0) is 34.7 Å². The molecule has 0 saturated carbocycles. The van der Waals surface area contributed by atoms with E-state index in [1.54, 1.807) is 0 Å². The average molecular weight is 569 g/mol. The lowest BCUT2D eigenvalue weighted by Gasteiger charge is -2.35. The van der Waals surface area contributed by atoms with E-state index >= 15 is 0 Å². The summed E-state index contributed by atoms with van der Waals surface area (Å²) in [5.74, 6) is -1.78. The third-order valence-corrected chi connectivity index (χ3v) is 7.68. The standard InChI is InChI=1S/C32H35F3N2O4/c1-31(2,3)26-27(36-19-22-18-23(32(33,34)35)15-16-24(22)41-4)28(21-13-9-6-10-14-21)37(29(26)30(39)40)25(38)17-20-11-7-5-8-12-20/h5-16,18,26-29,36H,17,19H2,1-4H3,(H,39,40). The fourth-order valence-electron chi connectivity index (χ4n) is 5.95. The number of hydrogen-bond acceptors (Lipinski definition) is 4. The molecule has 3 aromatic carbocycles. The van der Waals surface area contributed by atoms with Crippen molar-refractivity contribution in [3.05, 3.63) is 101 Å². The highest BCUT2D eigenvalue weighted by Gasteiger charge is 2.57. The molecule has 1 saturated heterocycles. The molecule has 4 rings (SSSR count). The zero-order chi connectivity index (χ0) is 29.9. The fraction of sp³-hybridized carbons (Fsp3) is 0.375. The van der Waals surface area contributed by atoms with Crippen LogP contribution in [0.15, 0.2) is 78.9 Å². The molecule has 0 spiro atoms. The number of alkyl halides is 3. The Bertz CT molecular complexity index is 1360. The number of carboxylic acid groups (broad SMARTS) is 1. The van der Waals surface area contributed by atoms with Crippen molar-refractivity contribution in [2.75, 3.05) is 7.11 Å². The number of methoxy groups -OCH3 is 1. The Morgan fingerprint density at radius 2 is 1.56 bits per heavy atom. The van der Waals surface area contributed by atoms with Gasteiger partial charge in [-0.15, -0.1) is 0 Å². The van der Waals surface area contributed by atoms with Crippen LogP contribution in [0.1, 0.15) is 49.1 Å². The van der Waals surface area contributed by atoms with Crippen LogP contribution in [-0.2, 0) is 28.7 Å². The molecule has 1 amide bonds. The largest absolute Gasteiger partial charge is 0.496 e. The first kappa shape index (κ1) is 30.1. The highest BCUT2D eigenvalue weighted by Crippen LogP contribution is 2.48. The van der Waals surface area contributed by atoms with Crippen molar-refractivity contribution in [1.29, 1.82) is 0 Å². The van der Waals surface area contributed by atoms with Gasteiger partial charge in [-0.2, -0.15) is 13.2 Å². The number of ether oxygens (including phenoxy) is 1. The Kier molecular flexibility index (Phi) is 8.77. The molecule has 2 N–H and O–H groups in total. The van der Waals surface area contributed by atoms with Crippen LogP contribution in [-0.4, -0.2) is 41.1 Å². The molecule has 1 fully saturated rings. The molecule has 6 nitrogen and oxygen atoms in total. The van der Waals surface area contributed by atoms with Crippen molar-refractivity contribution in [2.24, 2.45) is 11.3 Å². The van der Waals surface area contributed by atoms with E-state index in [2.05, 4.69) is 5.32 Å². The van der Waals surface area contributed by atoms with Gasteiger partial charge in [-0.3, -0.25) is 4.79 Å². The lowest BCUT2D eigenvalue weighted by molar-refractivity contribution is -0.152. The molecule has 4 atom stereocenters. The molecule has 1 heterocycles. The maximum absolute atomic E-state index is 14.0. The van der Waals surface area contributed by atoms with Crippen LogP contribution in [0, 0.1) is 11.3 Å². The fourth-order valence-corrected chi connectivity index (χ4v) is 5.95. The lowest BCUT2D eigenvalue weighted by atomic mass is 9.72. The Morgan fingerprint density at radius 1 is 0.951 bits per heavy atom. The predicted molar refractivity (Wildman–Crippen MR) is 149 cm³/mol. The van der Waals surface area contributed by atoms with Gasteiger partial charge in [0.25, 0.3) is 0 Å². The summed E-state index contributed by atoms with van der Waals surface area (Å²) >= 11 is 0. The molecule has 3 aromatic rings. The van der Waals surface area contributed by atoms with Gasteiger partial charge in [0.2, 0.25) is 5.91 Å². The molecule has 1 aliphatic rings. The number of carboxylic acids is 1. The van der Waals surface area contributed by atoms with E-state index in [4.69, 9.17) is 4.74 Å². The Hall–Kier alpha value is -3.85. The van der Waals surface area contributed by atoms with Crippen LogP contribution in [0.4, 0.5) is 13.2 Å². The van der Waals surface area contributed by atoms with E-state index in [0.29, 0.717) is 0 Å². The van der Waals surface area contributed by atoms with Gasteiger partial charge in [0.05, 0.1) is 25.1 Å². The number of carbonyl (C=O) groups excluding carboxylic acids is 1. The molecule has 41 heavy (non-hydrogen) atoms. The minimum atomic E-state index is -4.54. The first-order chi connectivity index (χ1) is 19.3. The van der Waals surface area contributed by atoms with Crippen molar-refractivity contribution >= 4 is 11.9 Å². The summed E-state index contributed by atoms with van der Waals surface area (Å²) in [6, 6.07) is 19.1. The molecule has 0 radical (unpaired) electrons. The summed E-state index contributed by atoms with van der Waals surface area (Å²) in [6.45, 7) is 5.72. The van der Waals surface area contributed by atoms with Gasteiger partial charge >= 0.3 is 12.1 Å². The molecule has 4 unspecified atom stereocenters. The summed E-state index contributed by atoms with van der Waals surface area (Å²) in [5.41, 5.74) is 0.374. The summed E-state index contributed by atoms with van der Waals surface area (Å²) in [6.07, 6.45) is -4.52. The maximum Gasteiger partial charge on any atom is 0.416 e. The minimum absolute atomic E-state index is 0.0129. The first-order valence-electron chi connectivity index (χ1n) is 13.4.